The lowest BCUT2D eigenvalue weighted by Gasteiger charge is -2.11. The molecule has 0 atom stereocenters. The number of rotatable bonds is 3. The second-order valence-corrected chi connectivity index (χ2v) is 3.78. The number of halogens is 1. The van der Waals surface area contributed by atoms with E-state index in [2.05, 4.69) is 0 Å². The summed E-state index contributed by atoms with van der Waals surface area (Å²) in [5.41, 5.74) is 0.603. The van der Waals surface area contributed by atoms with Gasteiger partial charge in [0, 0.05) is 5.56 Å². The molecule has 0 fully saturated rings. The summed E-state index contributed by atoms with van der Waals surface area (Å²) in [4.78, 5) is 11.0. The first kappa shape index (κ1) is 11.1. The van der Waals surface area contributed by atoms with Crippen molar-refractivity contribution in [2.24, 2.45) is 0 Å². The van der Waals surface area contributed by atoms with E-state index in [1.807, 2.05) is 13.8 Å². The normalized spacial score (nSPS) is 10.4. The van der Waals surface area contributed by atoms with Gasteiger partial charge in [-0.3, -0.25) is 4.79 Å². The lowest BCUT2D eigenvalue weighted by atomic mass is 10.1. The van der Waals surface area contributed by atoms with Crippen LogP contribution in [0.4, 0.5) is 0 Å². The minimum absolute atomic E-state index is 0.00277. The lowest BCUT2D eigenvalue weighted by molar-refractivity contribution is 0.101. The van der Waals surface area contributed by atoms with Crippen molar-refractivity contribution >= 4 is 17.4 Å². The molecule has 0 aliphatic rings. The molecule has 1 rings (SSSR count). The second kappa shape index (κ2) is 4.47. The summed E-state index contributed by atoms with van der Waals surface area (Å²) in [5, 5.41) is 0.478. The van der Waals surface area contributed by atoms with Crippen molar-refractivity contribution in [3.63, 3.8) is 0 Å². The highest BCUT2D eigenvalue weighted by molar-refractivity contribution is 6.32. The largest absolute Gasteiger partial charge is 0.489 e. The number of hydrogen-bond donors (Lipinski definition) is 0. The molecule has 0 aliphatic heterocycles. The van der Waals surface area contributed by atoms with E-state index in [0.717, 1.165) is 0 Å². The molecule has 2 nitrogen and oxygen atoms in total. The summed E-state index contributed by atoms with van der Waals surface area (Å²) in [5.74, 6) is 0.620. The fourth-order valence-corrected chi connectivity index (χ4v) is 1.29. The fraction of sp³-hybridized carbons (Fsp3) is 0.364. The molecule has 0 spiro atoms. The van der Waals surface area contributed by atoms with Crippen molar-refractivity contribution in [1.82, 2.24) is 0 Å². The average Bonchev–Trinajstić information content (AvgIpc) is 2.07. The van der Waals surface area contributed by atoms with Gasteiger partial charge in [0.1, 0.15) is 5.75 Å². The van der Waals surface area contributed by atoms with Gasteiger partial charge in [-0.1, -0.05) is 11.6 Å². The van der Waals surface area contributed by atoms with E-state index in [4.69, 9.17) is 16.3 Å². The van der Waals surface area contributed by atoms with Gasteiger partial charge >= 0.3 is 0 Å². The Kier molecular flexibility index (Phi) is 3.53. The number of carbonyl (C=O) groups is 1. The molecule has 0 N–H and O–H groups in total. The predicted molar refractivity (Wildman–Crippen MR) is 57.2 cm³/mol. The molecule has 0 unspecified atom stereocenters. The molecule has 3 heteroatoms. The predicted octanol–water partition coefficient (Wildman–Crippen LogP) is 3.33. The highest BCUT2D eigenvalue weighted by Crippen LogP contribution is 2.26. The third kappa shape index (κ3) is 2.74. The monoisotopic (exact) mass is 212 g/mol. The van der Waals surface area contributed by atoms with E-state index in [1.165, 1.54) is 6.92 Å². The maximum absolute atomic E-state index is 11.0. The molecule has 0 heterocycles. The van der Waals surface area contributed by atoms with Crippen LogP contribution < -0.4 is 4.74 Å². The van der Waals surface area contributed by atoms with Gasteiger partial charge in [0.15, 0.2) is 5.78 Å². The van der Waals surface area contributed by atoms with Gasteiger partial charge in [-0.05, 0) is 39.0 Å². The van der Waals surface area contributed by atoms with Crippen LogP contribution in [0.5, 0.6) is 5.75 Å². The first-order valence-corrected chi connectivity index (χ1v) is 4.85. The van der Waals surface area contributed by atoms with E-state index >= 15 is 0 Å². The van der Waals surface area contributed by atoms with Crippen LogP contribution in [0.3, 0.4) is 0 Å². The maximum atomic E-state index is 11.0. The highest BCUT2D eigenvalue weighted by atomic mass is 35.5. The molecule has 1 aromatic rings. The van der Waals surface area contributed by atoms with E-state index in [-0.39, 0.29) is 11.9 Å². The Balaban J connectivity index is 2.95. The number of ketones is 1. The number of ether oxygens (including phenoxy) is 1. The molecule has 76 valence electrons. The van der Waals surface area contributed by atoms with Gasteiger partial charge in [0.05, 0.1) is 11.1 Å². The summed E-state index contributed by atoms with van der Waals surface area (Å²) in [6.07, 6.45) is 0.0793. The zero-order valence-electron chi connectivity index (χ0n) is 8.50. The Labute approximate surface area is 88.8 Å². The van der Waals surface area contributed by atoms with Crippen molar-refractivity contribution in [3.8, 4) is 5.75 Å². The van der Waals surface area contributed by atoms with Crippen LogP contribution in [-0.2, 0) is 0 Å². The smallest absolute Gasteiger partial charge is 0.159 e. The molecular formula is C11H13ClO2. The zero-order chi connectivity index (χ0) is 10.7. The standard InChI is InChI=1S/C11H13ClO2/c1-7(2)14-11-5-4-9(8(3)13)6-10(11)12/h4-7H,1-3H3. The van der Waals surface area contributed by atoms with Crippen LogP contribution in [0.25, 0.3) is 0 Å². The molecule has 14 heavy (non-hydrogen) atoms. The van der Waals surface area contributed by atoms with Crippen molar-refractivity contribution in [3.05, 3.63) is 28.8 Å². The lowest BCUT2D eigenvalue weighted by Crippen LogP contribution is -2.06. The van der Waals surface area contributed by atoms with Crippen molar-refractivity contribution < 1.29 is 9.53 Å². The minimum atomic E-state index is 0.00277. The highest BCUT2D eigenvalue weighted by Gasteiger charge is 2.06. The number of carbonyl (C=O) groups excluding carboxylic acids is 1. The molecule has 0 saturated heterocycles. The van der Waals surface area contributed by atoms with Crippen LogP contribution in [0.1, 0.15) is 31.1 Å². The number of Topliss-reactive ketones (excluding diaryl/α,β-unsaturated/α-hetero) is 1. The topological polar surface area (TPSA) is 26.3 Å². The SMILES string of the molecule is CC(=O)c1ccc(OC(C)C)c(Cl)c1. The van der Waals surface area contributed by atoms with Gasteiger partial charge in [0.25, 0.3) is 0 Å². The molecular weight excluding hydrogens is 200 g/mol. The van der Waals surface area contributed by atoms with E-state index in [0.29, 0.717) is 16.3 Å². The summed E-state index contributed by atoms with van der Waals surface area (Å²) >= 11 is 5.94. The molecule has 0 aromatic heterocycles. The van der Waals surface area contributed by atoms with E-state index < -0.39 is 0 Å². The summed E-state index contributed by atoms with van der Waals surface area (Å²) in [7, 11) is 0. The van der Waals surface area contributed by atoms with Gasteiger partial charge in [-0.25, -0.2) is 0 Å². The molecule has 0 amide bonds. The Morgan fingerprint density at radius 3 is 2.50 bits per heavy atom. The summed E-state index contributed by atoms with van der Waals surface area (Å²) < 4.78 is 5.44. The van der Waals surface area contributed by atoms with Crippen LogP contribution in [0, 0.1) is 0 Å². The summed E-state index contributed by atoms with van der Waals surface area (Å²) in [6, 6.07) is 5.06. The minimum Gasteiger partial charge on any atom is -0.489 e. The van der Waals surface area contributed by atoms with Gasteiger partial charge in [-0.15, -0.1) is 0 Å². The van der Waals surface area contributed by atoms with E-state index in [9.17, 15) is 4.79 Å². The van der Waals surface area contributed by atoms with Crippen molar-refractivity contribution in [2.45, 2.75) is 26.9 Å². The van der Waals surface area contributed by atoms with Gasteiger partial charge in [-0.2, -0.15) is 0 Å². The van der Waals surface area contributed by atoms with Gasteiger partial charge in [0.2, 0.25) is 0 Å². The van der Waals surface area contributed by atoms with Gasteiger partial charge < -0.3 is 4.74 Å². The second-order valence-electron chi connectivity index (χ2n) is 3.37. The first-order valence-electron chi connectivity index (χ1n) is 4.48. The fourth-order valence-electron chi connectivity index (χ4n) is 1.07. The van der Waals surface area contributed by atoms with Crippen molar-refractivity contribution in [1.29, 1.82) is 0 Å². The maximum Gasteiger partial charge on any atom is 0.159 e. The van der Waals surface area contributed by atoms with Crippen LogP contribution in [0.15, 0.2) is 18.2 Å². The molecule has 0 bridgehead atoms. The molecule has 0 saturated carbocycles. The number of benzene rings is 1. The van der Waals surface area contributed by atoms with Crippen LogP contribution in [0.2, 0.25) is 5.02 Å². The Hall–Kier alpha value is -1.02. The first-order chi connectivity index (χ1) is 6.50. The van der Waals surface area contributed by atoms with E-state index in [1.54, 1.807) is 18.2 Å². The third-order valence-electron chi connectivity index (χ3n) is 1.70. The quantitative estimate of drug-likeness (QED) is 0.719. The number of hydrogen-bond acceptors (Lipinski definition) is 2. The third-order valence-corrected chi connectivity index (χ3v) is 2.00. The molecule has 1 aromatic carbocycles. The average molecular weight is 213 g/mol. The van der Waals surface area contributed by atoms with Crippen LogP contribution in [-0.4, -0.2) is 11.9 Å². The van der Waals surface area contributed by atoms with Crippen molar-refractivity contribution in [2.75, 3.05) is 0 Å². The summed E-state index contributed by atoms with van der Waals surface area (Å²) in [6.45, 7) is 5.36. The Morgan fingerprint density at radius 1 is 1.43 bits per heavy atom. The molecule has 0 aliphatic carbocycles. The molecule has 0 radical (unpaired) electrons. The van der Waals surface area contributed by atoms with Crippen LogP contribution >= 0.6 is 11.6 Å². The Morgan fingerprint density at radius 2 is 2.07 bits per heavy atom. The Bertz CT molecular complexity index is 345. The zero-order valence-corrected chi connectivity index (χ0v) is 9.26.